The summed E-state index contributed by atoms with van der Waals surface area (Å²) >= 11 is 0. The quantitative estimate of drug-likeness (QED) is 0.782. The largest absolute Gasteiger partial charge is 0.378 e. The number of nitrogens with zero attached hydrogens (tertiary/aromatic N) is 4. The van der Waals surface area contributed by atoms with Crippen LogP contribution in [0.4, 0.5) is 5.69 Å². The third kappa shape index (κ3) is 1.86. The number of ether oxygens (including phenoxy) is 1. The maximum absolute atomic E-state index is 5.37. The van der Waals surface area contributed by atoms with Gasteiger partial charge in [0, 0.05) is 25.3 Å². The van der Waals surface area contributed by atoms with Gasteiger partial charge in [0.15, 0.2) is 0 Å². The molecule has 0 atom stereocenters. The normalized spacial score (nSPS) is 16.6. The Morgan fingerprint density at radius 1 is 1.29 bits per heavy atom. The predicted molar refractivity (Wildman–Crippen MR) is 66.2 cm³/mol. The van der Waals surface area contributed by atoms with Crippen molar-refractivity contribution < 1.29 is 4.74 Å². The van der Waals surface area contributed by atoms with Crippen molar-refractivity contribution in [2.24, 2.45) is 0 Å². The molecule has 1 aliphatic rings. The third-order valence-electron chi connectivity index (χ3n) is 3.17. The molecule has 1 aromatic heterocycles. The Morgan fingerprint density at radius 2 is 2.12 bits per heavy atom. The molecule has 0 saturated carbocycles. The van der Waals surface area contributed by atoms with Crippen LogP contribution in [-0.2, 0) is 11.3 Å². The van der Waals surface area contributed by atoms with Crippen LogP contribution in [0, 0.1) is 0 Å². The van der Waals surface area contributed by atoms with Gasteiger partial charge in [0.25, 0.3) is 0 Å². The molecule has 5 heteroatoms. The van der Waals surface area contributed by atoms with Gasteiger partial charge in [0.1, 0.15) is 5.52 Å². The monoisotopic (exact) mass is 232 g/mol. The van der Waals surface area contributed by atoms with Crippen molar-refractivity contribution in [1.29, 1.82) is 0 Å². The minimum absolute atomic E-state index is 0.809. The van der Waals surface area contributed by atoms with Crippen LogP contribution in [-0.4, -0.2) is 41.3 Å². The number of aryl methyl sites for hydroxylation is 1. The predicted octanol–water partition coefficient (Wildman–Crippen LogP) is 1.29. The summed E-state index contributed by atoms with van der Waals surface area (Å²) in [6.07, 6.45) is 0. The number of hydrogen-bond acceptors (Lipinski definition) is 4. The van der Waals surface area contributed by atoms with Gasteiger partial charge >= 0.3 is 0 Å². The first-order chi connectivity index (χ1) is 8.38. The van der Waals surface area contributed by atoms with Gasteiger partial charge in [-0.1, -0.05) is 5.21 Å². The molecule has 0 aliphatic carbocycles. The molecule has 1 aliphatic heterocycles. The van der Waals surface area contributed by atoms with Crippen LogP contribution < -0.4 is 4.90 Å². The lowest BCUT2D eigenvalue weighted by Crippen LogP contribution is -2.36. The lowest BCUT2D eigenvalue weighted by molar-refractivity contribution is 0.122. The van der Waals surface area contributed by atoms with Crippen LogP contribution >= 0.6 is 0 Å². The molecule has 2 heterocycles. The van der Waals surface area contributed by atoms with Gasteiger partial charge in [-0.25, -0.2) is 4.68 Å². The minimum atomic E-state index is 0.809. The van der Waals surface area contributed by atoms with Crippen LogP contribution in [0.3, 0.4) is 0 Å². The number of anilines is 1. The zero-order valence-corrected chi connectivity index (χ0v) is 9.96. The van der Waals surface area contributed by atoms with Crippen LogP contribution in [0.25, 0.3) is 11.0 Å². The molecule has 1 aromatic carbocycles. The topological polar surface area (TPSA) is 43.2 Å². The molecule has 0 radical (unpaired) electrons. The van der Waals surface area contributed by atoms with Crippen LogP contribution in [0.15, 0.2) is 18.2 Å². The van der Waals surface area contributed by atoms with Crippen LogP contribution in [0.5, 0.6) is 0 Å². The Hall–Kier alpha value is -1.62. The second-order valence-electron chi connectivity index (χ2n) is 4.18. The summed E-state index contributed by atoms with van der Waals surface area (Å²) in [6, 6.07) is 6.33. The summed E-state index contributed by atoms with van der Waals surface area (Å²) in [5.74, 6) is 0. The highest BCUT2D eigenvalue weighted by Crippen LogP contribution is 2.21. The summed E-state index contributed by atoms with van der Waals surface area (Å²) in [7, 11) is 0. The second-order valence-corrected chi connectivity index (χ2v) is 4.18. The summed E-state index contributed by atoms with van der Waals surface area (Å²) in [5.41, 5.74) is 3.30. The third-order valence-corrected chi connectivity index (χ3v) is 3.17. The summed E-state index contributed by atoms with van der Waals surface area (Å²) in [5, 5.41) is 8.27. The molecular weight excluding hydrogens is 216 g/mol. The van der Waals surface area contributed by atoms with Crippen molar-refractivity contribution in [2.75, 3.05) is 31.2 Å². The SMILES string of the molecule is CCn1nnc2ccc(N3CCOCC3)cc21. The minimum Gasteiger partial charge on any atom is -0.378 e. The van der Waals surface area contributed by atoms with Crippen molar-refractivity contribution in [3.05, 3.63) is 18.2 Å². The van der Waals surface area contributed by atoms with Gasteiger partial charge in [0.05, 0.1) is 18.7 Å². The molecule has 90 valence electrons. The molecule has 1 fully saturated rings. The molecule has 5 nitrogen and oxygen atoms in total. The van der Waals surface area contributed by atoms with Crippen molar-refractivity contribution in [2.45, 2.75) is 13.5 Å². The highest BCUT2D eigenvalue weighted by molar-refractivity contribution is 5.79. The molecule has 0 bridgehead atoms. The van der Waals surface area contributed by atoms with Gasteiger partial charge in [-0.05, 0) is 25.1 Å². The van der Waals surface area contributed by atoms with E-state index in [-0.39, 0.29) is 0 Å². The molecule has 0 amide bonds. The van der Waals surface area contributed by atoms with E-state index in [4.69, 9.17) is 4.74 Å². The van der Waals surface area contributed by atoms with E-state index >= 15 is 0 Å². The van der Waals surface area contributed by atoms with Crippen molar-refractivity contribution >= 4 is 16.7 Å². The van der Waals surface area contributed by atoms with Crippen molar-refractivity contribution in [3.8, 4) is 0 Å². The summed E-state index contributed by atoms with van der Waals surface area (Å²) in [6.45, 7) is 6.46. The number of fused-ring (bicyclic) bond motifs is 1. The Balaban J connectivity index is 1.99. The van der Waals surface area contributed by atoms with E-state index in [0.29, 0.717) is 0 Å². The molecule has 0 N–H and O–H groups in total. The molecule has 2 aromatic rings. The van der Waals surface area contributed by atoms with Gasteiger partial charge in [0.2, 0.25) is 0 Å². The fourth-order valence-electron chi connectivity index (χ4n) is 2.21. The van der Waals surface area contributed by atoms with E-state index in [1.807, 2.05) is 10.7 Å². The van der Waals surface area contributed by atoms with E-state index in [1.54, 1.807) is 0 Å². The van der Waals surface area contributed by atoms with Gasteiger partial charge in [-0.2, -0.15) is 0 Å². The zero-order chi connectivity index (χ0) is 11.7. The van der Waals surface area contributed by atoms with Crippen LogP contribution in [0.2, 0.25) is 0 Å². The number of hydrogen-bond donors (Lipinski definition) is 0. The molecule has 0 spiro atoms. The summed E-state index contributed by atoms with van der Waals surface area (Å²) in [4.78, 5) is 2.34. The second kappa shape index (κ2) is 4.33. The Labute approximate surface area is 100.0 Å². The molecule has 17 heavy (non-hydrogen) atoms. The first kappa shape index (κ1) is 10.5. The fraction of sp³-hybridized carbons (Fsp3) is 0.500. The van der Waals surface area contributed by atoms with Gasteiger partial charge in [-0.3, -0.25) is 0 Å². The molecule has 1 saturated heterocycles. The highest BCUT2D eigenvalue weighted by Gasteiger charge is 2.12. The Morgan fingerprint density at radius 3 is 2.88 bits per heavy atom. The molecular formula is C12H16N4O. The Bertz CT molecular complexity index is 516. The standard InChI is InChI=1S/C12H16N4O/c1-2-16-12-9-10(3-4-11(12)13-14-16)15-5-7-17-8-6-15/h3-4,9H,2,5-8H2,1H3. The van der Waals surface area contributed by atoms with E-state index < -0.39 is 0 Å². The van der Waals surface area contributed by atoms with Crippen LogP contribution in [0.1, 0.15) is 6.92 Å². The fourth-order valence-corrected chi connectivity index (χ4v) is 2.21. The van der Waals surface area contributed by atoms with E-state index in [9.17, 15) is 0 Å². The van der Waals surface area contributed by atoms with Gasteiger partial charge < -0.3 is 9.64 Å². The van der Waals surface area contributed by atoms with Crippen molar-refractivity contribution in [3.63, 3.8) is 0 Å². The Kier molecular flexibility index (Phi) is 2.68. The van der Waals surface area contributed by atoms with E-state index in [0.717, 1.165) is 43.9 Å². The highest BCUT2D eigenvalue weighted by atomic mass is 16.5. The maximum Gasteiger partial charge on any atom is 0.113 e. The first-order valence-corrected chi connectivity index (χ1v) is 6.04. The number of rotatable bonds is 2. The smallest absolute Gasteiger partial charge is 0.113 e. The summed E-state index contributed by atoms with van der Waals surface area (Å²) < 4.78 is 7.30. The average Bonchev–Trinajstić information content (AvgIpc) is 2.81. The van der Waals surface area contributed by atoms with Gasteiger partial charge in [-0.15, -0.1) is 5.10 Å². The van der Waals surface area contributed by atoms with E-state index in [2.05, 4.69) is 34.3 Å². The molecule has 3 rings (SSSR count). The van der Waals surface area contributed by atoms with Crippen molar-refractivity contribution in [1.82, 2.24) is 15.0 Å². The number of aromatic nitrogens is 3. The number of benzene rings is 1. The zero-order valence-electron chi connectivity index (χ0n) is 9.96. The molecule has 0 unspecified atom stereocenters. The number of morpholine rings is 1. The lowest BCUT2D eigenvalue weighted by Gasteiger charge is -2.28. The first-order valence-electron chi connectivity index (χ1n) is 6.04. The average molecular weight is 232 g/mol. The van der Waals surface area contributed by atoms with E-state index in [1.165, 1.54) is 5.69 Å². The maximum atomic E-state index is 5.37. The lowest BCUT2D eigenvalue weighted by atomic mass is 10.2.